The number of rotatable bonds is 8. The van der Waals surface area contributed by atoms with E-state index in [4.69, 9.17) is 11.6 Å². The summed E-state index contributed by atoms with van der Waals surface area (Å²) in [5.41, 5.74) is 2.75. The van der Waals surface area contributed by atoms with Crippen molar-refractivity contribution in [3.8, 4) is 0 Å². The van der Waals surface area contributed by atoms with E-state index in [0.717, 1.165) is 27.9 Å². The molecule has 28 heavy (non-hydrogen) atoms. The fourth-order valence-corrected chi connectivity index (χ4v) is 3.73. The predicted molar refractivity (Wildman–Crippen MR) is 115 cm³/mol. The highest BCUT2D eigenvalue weighted by Crippen LogP contribution is 2.22. The molecule has 0 bridgehead atoms. The number of aryl methyl sites for hydroxylation is 1. The van der Waals surface area contributed by atoms with Crippen molar-refractivity contribution in [1.29, 1.82) is 0 Å². The Labute approximate surface area is 173 Å². The lowest BCUT2D eigenvalue weighted by molar-refractivity contribution is -0.113. The third-order valence-electron chi connectivity index (χ3n) is 4.05. The topological polar surface area (TPSA) is 71.8 Å². The molecule has 0 aliphatic carbocycles. The number of thioether (sulfide) groups is 1. The molecule has 0 aliphatic heterocycles. The summed E-state index contributed by atoms with van der Waals surface area (Å²) >= 11 is 7.55. The molecule has 8 heteroatoms. The number of anilines is 2. The van der Waals surface area contributed by atoms with Crippen molar-refractivity contribution in [2.45, 2.75) is 32.1 Å². The molecule has 1 aromatic heterocycles. The molecule has 3 rings (SSSR count). The van der Waals surface area contributed by atoms with Crippen LogP contribution in [-0.4, -0.2) is 26.4 Å². The van der Waals surface area contributed by atoms with Gasteiger partial charge in [-0.3, -0.25) is 4.79 Å². The van der Waals surface area contributed by atoms with Crippen LogP contribution < -0.4 is 10.6 Å². The zero-order valence-electron chi connectivity index (χ0n) is 15.8. The number of hydrogen-bond acceptors (Lipinski definition) is 5. The Hall–Kier alpha value is -2.51. The zero-order chi connectivity index (χ0) is 19.9. The van der Waals surface area contributed by atoms with Crippen molar-refractivity contribution in [3.63, 3.8) is 0 Å². The molecule has 1 heterocycles. The van der Waals surface area contributed by atoms with Crippen molar-refractivity contribution < 1.29 is 4.79 Å². The van der Waals surface area contributed by atoms with Gasteiger partial charge in [0.15, 0.2) is 11.0 Å². The van der Waals surface area contributed by atoms with E-state index in [1.54, 1.807) is 0 Å². The first-order valence-electron chi connectivity index (χ1n) is 8.96. The number of para-hydroxylation sites is 1. The number of nitrogens with one attached hydrogen (secondary N) is 2. The summed E-state index contributed by atoms with van der Waals surface area (Å²) in [5, 5.41) is 16.1. The average Bonchev–Trinajstić information content (AvgIpc) is 3.07. The van der Waals surface area contributed by atoms with Crippen molar-refractivity contribution in [3.05, 3.63) is 64.9 Å². The van der Waals surface area contributed by atoms with Crippen LogP contribution in [0.3, 0.4) is 0 Å². The van der Waals surface area contributed by atoms with Gasteiger partial charge in [-0.05, 0) is 43.7 Å². The van der Waals surface area contributed by atoms with Gasteiger partial charge in [-0.15, -0.1) is 10.2 Å². The molecule has 0 saturated heterocycles. The molecule has 0 fully saturated rings. The molecule has 2 aromatic carbocycles. The summed E-state index contributed by atoms with van der Waals surface area (Å²) in [4.78, 5) is 12.2. The Morgan fingerprint density at radius 3 is 2.75 bits per heavy atom. The maximum absolute atomic E-state index is 12.2. The second kappa shape index (κ2) is 9.61. The third kappa shape index (κ3) is 5.27. The monoisotopic (exact) mass is 415 g/mol. The maximum Gasteiger partial charge on any atom is 0.234 e. The number of benzene rings is 2. The second-order valence-electron chi connectivity index (χ2n) is 6.18. The van der Waals surface area contributed by atoms with E-state index in [1.807, 2.05) is 66.9 Å². The standard InChI is InChI=1S/C20H22ClN5OS/c1-3-26-18(12-22-17-10-5-4-9-16(17)21)24-25-20(26)28-13-19(27)23-15-8-6-7-14(2)11-15/h4-11,22H,3,12-13H2,1-2H3,(H,23,27). The minimum atomic E-state index is -0.0722. The molecule has 6 nitrogen and oxygen atoms in total. The lowest BCUT2D eigenvalue weighted by Gasteiger charge is -2.10. The number of hydrogen-bond donors (Lipinski definition) is 2. The molecule has 0 radical (unpaired) electrons. The van der Waals surface area contributed by atoms with Gasteiger partial charge < -0.3 is 15.2 Å². The Morgan fingerprint density at radius 2 is 2.00 bits per heavy atom. The van der Waals surface area contributed by atoms with Crippen LogP contribution in [0.5, 0.6) is 0 Å². The molecule has 0 saturated carbocycles. The fraction of sp³-hybridized carbons (Fsp3) is 0.250. The number of carbonyl (C=O) groups excluding carboxylic acids is 1. The van der Waals surface area contributed by atoms with Gasteiger partial charge in [0.25, 0.3) is 0 Å². The predicted octanol–water partition coefficient (Wildman–Crippen LogP) is 4.60. The SMILES string of the molecule is CCn1c(CNc2ccccc2Cl)nnc1SCC(=O)Nc1cccc(C)c1. The molecule has 2 N–H and O–H groups in total. The number of amides is 1. The van der Waals surface area contributed by atoms with E-state index < -0.39 is 0 Å². The summed E-state index contributed by atoms with van der Waals surface area (Å²) in [7, 11) is 0. The van der Waals surface area contributed by atoms with Crippen LogP contribution >= 0.6 is 23.4 Å². The molecule has 0 unspecified atom stereocenters. The number of nitrogens with zero attached hydrogens (tertiary/aromatic N) is 3. The van der Waals surface area contributed by atoms with Gasteiger partial charge in [0.05, 0.1) is 23.0 Å². The normalized spacial score (nSPS) is 10.7. The molecule has 0 atom stereocenters. The maximum atomic E-state index is 12.2. The Morgan fingerprint density at radius 1 is 1.18 bits per heavy atom. The van der Waals surface area contributed by atoms with E-state index in [1.165, 1.54) is 11.8 Å². The number of aromatic nitrogens is 3. The van der Waals surface area contributed by atoms with E-state index in [0.29, 0.717) is 18.1 Å². The second-order valence-corrected chi connectivity index (χ2v) is 7.53. The average molecular weight is 416 g/mol. The smallest absolute Gasteiger partial charge is 0.234 e. The van der Waals surface area contributed by atoms with Crippen LogP contribution in [0.25, 0.3) is 0 Å². The molecular formula is C20H22ClN5OS. The highest BCUT2D eigenvalue weighted by molar-refractivity contribution is 7.99. The van der Waals surface area contributed by atoms with Gasteiger partial charge in [0.1, 0.15) is 0 Å². The molecule has 0 spiro atoms. The van der Waals surface area contributed by atoms with Gasteiger partial charge in [0, 0.05) is 12.2 Å². The van der Waals surface area contributed by atoms with Gasteiger partial charge in [-0.2, -0.15) is 0 Å². The lowest BCUT2D eigenvalue weighted by atomic mass is 10.2. The number of halogens is 1. The highest BCUT2D eigenvalue weighted by Gasteiger charge is 2.13. The van der Waals surface area contributed by atoms with Crippen molar-refractivity contribution in [2.24, 2.45) is 0 Å². The van der Waals surface area contributed by atoms with Crippen LogP contribution in [0.4, 0.5) is 11.4 Å². The first-order valence-corrected chi connectivity index (χ1v) is 10.3. The Kier molecular flexibility index (Phi) is 6.95. The van der Waals surface area contributed by atoms with Crippen LogP contribution in [0, 0.1) is 6.92 Å². The summed E-state index contributed by atoms with van der Waals surface area (Å²) in [5.74, 6) is 0.991. The quantitative estimate of drug-likeness (QED) is 0.526. The minimum Gasteiger partial charge on any atom is -0.377 e. The summed E-state index contributed by atoms with van der Waals surface area (Å²) < 4.78 is 1.99. The van der Waals surface area contributed by atoms with Gasteiger partial charge in [-0.25, -0.2) is 0 Å². The van der Waals surface area contributed by atoms with Crippen LogP contribution in [0.1, 0.15) is 18.3 Å². The fourth-order valence-electron chi connectivity index (χ4n) is 2.70. The van der Waals surface area contributed by atoms with Crippen LogP contribution in [0.15, 0.2) is 53.7 Å². The molecule has 3 aromatic rings. The summed E-state index contributed by atoms with van der Waals surface area (Å²) in [6, 6.07) is 15.3. The van der Waals surface area contributed by atoms with Crippen LogP contribution in [-0.2, 0) is 17.9 Å². The van der Waals surface area contributed by atoms with Crippen molar-refractivity contribution >= 4 is 40.6 Å². The third-order valence-corrected chi connectivity index (χ3v) is 5.35. The highest BCUT2D eigenvalue weighted by atomic mass is 35.5. The Balaban J connectivity index is 1.58. The van der Waals surface area contributed by atoms with E-state index in [2.05, 4.69) is 20.8 Å². The van der Waals surface area contributed by atoms with E-state index in [-0.39, 0.29) is 11.7 Å². The molecule has 0 aliphatic rings. The zero-order valence-corrected chi connectivity index (χ0v) is 17.3. The summed E-state index contributed by atoms with van der Waals surface area (Å²) in [6.07, 6.45) is 0. The first-order chi connectivity index (χ1) is 13.6. The van der Waals surface area contributed by atoms with E-state index in [9.17, 15) is 4.79 Å². The van der Waals surface area contributed by atoms with Gasteiger partial charge >= 0.3 is 0 Å². The Bertz CT molecular complexity index is 959. The first kappa shape index (κ1) is 20.2. The van der Waals surface area contributed by atoms with Gasteiger partial charge in [-0.1, -0.05) is 47.6 Å². The van der Waals surface area contributed by atoms with E-state index >= 15 is 0 Å². The van der Waals surface area contributed by atoms with Crippen LogP contribution in [0.2, 0.25) is 5.02 Å². The molecular weight excluding hydrogens is 394 g/mol. The minimum absolute atomic E-state index is 0.0722. The molecule has 146 valence electrons. The van der Waals surface area contributed by atoms with Crippen molar-refractivity contribution in [2.75, 3.05) is 16.4 Å². The lowest BCUT2D eigenvalue weighted by Crippen LogP contribution is -2.15. The van der Waals surface area contributed by atoms with Gasteiger partial charge in [0.2, 0.25) is 5.91 Å². The summed E-state index contributed by atoms with van der Waals surface area (Å²) in [6.45, 7) is 5.24. The largest absolute Gasteiger partial charge is 0.377 e. The molecule has 1 amide bonds. The van der Waals surface area contributed by atoms with Crippen molar-refractivity contribution in [1.82, 2.24) is 14.8 Å². The number of carbonyl (C=O) groups is 1.